The van der Waals surface area contributed by atoms with Gasteiger partial charge >= 0.3 is 0 Å². The van der Waals surface area contributed by atoms with Gasteiger partial charge in [-0.1, -0.05) is 37.6 Å². The van der Waals surface area contributed by atoms with E-state index in [1.165, 1.54) is 0 Å². The second-order valence-electron chi connectivity index (χ2n) is 4.34. The summed E-state index contributed by atoms with van der Waals surface area (Å²) in [6.07, 6.45) is 0.370. The van der Waals surface area contributed by atoms with E-state index < -0.39 is 6.10 Å². The lowest BCUT2D eigenvalue weighted by Gasteiger charge is -2.20. The quantitative estimate of drug-likeness (QED) is 0.842. The summed E-state index contributed by atoms with van der Waals surface area (Å²) in [5.41, 5.74) is 1.98. The van der Waals surface area contributed by atoms with E-state index in [0.29, 0.717) is 0 Å². The fourth-order valence-corrected chi connectivity index (χ4v) is 2.00. The summed E-state index contributed by atoms with van der Waals surface area (Å²) in [4.78, 5) is 2.31. The topological polar surface area (TPSA) is 23.5 Å². The molecule has 1 aromatic rings. The van der Waals surface area contributed by atoms with Gasteiger partial charge in [0, 0.05) is 11.6 Å². The molecule has 17 heavy (non-hydrogen) atoms. The van der Waals surface area contributed by atoms with Crippen molar-refractivity contribution in [3.63, 3.8) is 0 Å². The molecular formula is C14H22ClNO. The molecule has 0 aliphatic rings. The standard InChI is InChI=1S/C14H22ClNO/c1-4-16(5-2)9-8-14(17)12-6-7-13(15)11(3)10-12/h6-7,10,14,17H,4-5,8-9H2,1-3H3. The third-order valence-corrected chi connectivity index (χ3v) is 3.60. The molecule has 3 heteroatoms. The molecule has 0 aromatic heterocycles. The van der Waals surface area contributed by atoms with Gasteiger partial charge in [-0.05, 0) is 43.6 Å². The van der Waals surface area contributed by atoms with Gasteiger partial charge in [0.2, 0.25) is 0 Å². The number of aryl methyl sites for hydroxylation is 1. The van der Waals surface area contributed by atoms with Crippen LogP contribution in [0.2, 0.25) is 5.02 Å². The van der Waals surface area contributed by atoms with Gasteiger partial charge in [0.25, 0.3) is 0 Å². The summed E-state index contributed by atoms with van der Waals surface area (Å²) in [7, 11) is 0. The van der Waals surface area contributed by atoms with Crippen molar-refractivity contribution in [2.24, 2.45) is 0 Å². The van der Waals surface area contributed by atoms with Crippen molar-refractivity contribution in [2.45, 2.75) is 33.3 Å². The van der Waals surface area contributed by atoms with Crippen LogP contribution >= 0.6 is 11.6 Å². The van der Waals surface area contributed by atoms with Crippen LogP contribution in [0, 0.1) is 6.92 Å². The van der Waals surface area contributed by atoms with Gasteiger partial charge in [-0.15, -0.1) is 0 Å². The first-order chi connectivity index (χ1) is 8.08. The van der Waals surface area contributed by atoms with E-state index in [4.69, 9.17) is 11.6 Å². The molecule has 0 aliphatic heterocycles. The lowest BCUT2D eigenvalue weighted by atomic mass is 10.0. The molecule has 0 aliphatic carbocycles. The van der Waals surface area contributed by atoms with Crippen LogP contribution in [0.1, 0.15) is 37.5 Å². The Hall–Kier alpha value is -0.570. The lowest BCUT2D eigenvalue weighted by molar-refractivity contribution is 0.145. The summed E-state index contributed by atoms with van der Waals surface area (Å²) < 4.78 is 0. The van der Waals surface area contributed by atoms with Crippen LogP contribution in [-0.4, -0.2) is 29.6 Å². The van der Waals surface area contributed by atoms with Crippen molar-refractivity contribution in [3.05, 3.63) is 34.3 Å². The monoisotopic (exact) mass is 255 g/mol. The third-order valence-electron chi connectivity index (χ3n) is 3.18. The SMILES string of the molecule is CCN(CC)CCC(O)c1ccc(Cl)c(C)c1. The zero-order valence-electron chi connectivity index (χ0n) is 10.9. The normalized spacial score (nSPS) is 13.1. The molecule has 0 spiro atoms. The van der Waals surface area contributed by atoms with Crippen LogP contribution in [0.3, 0.4) is 0 Å². The second kappa shape index (κ2) is 7.00. The van der Waals surface area contributed by atoms with E-state index in [0.717, 1.165) is 42.2 Å². The maximum atomic E-state index is 10.1. The van der Waals surface area contributed by atoms with E-state index in [1.54, 1.807) is 0 Å². The zero-order valence-corrected chi connectivity index (χ0v) is 11.7. The molecule has 0 bridgehead atoms. The summed E-state index contributed by atoms with van der Waals surface area (Å²) in [6.45, 7) is 9.23. The van der Waals surface area contributed by atoms with Gasteiger partial charge in [0.1, 0.15) is 0 Å². The molecule has 1 aromatic carbocycles. The molecule has 96 valence electrons. The Bertz CT molecular complexity index is 350. The molecule has 1 rings (SSSR count). The molecule has 0 saturated carbocycles. The minimum absolute atomic E-state index is 0.397. The lowest BCUT2D eigenvalue weighted by Crippen LogP contribution is -2.25. The molecule has 0 amide bonds. The van der Waals surface area contributed by atoms with Gasteiger partial charge in [0.05, 0.1) is 6.10 Å². The highest BCUT2D eigenvalue weighted by atomic mass is 35.5. The molecule has 1 atom stereocenters. The number of aliphatic hydroxyl groups excluding tert-OH is 1. The Morgan fingerprint density at radius 2 is 1.94 bits per heavy atom. The van der Waals surface area contributed by atoms with E-state index in [9.17, 15) is 5.11 Å². The van der Waals surface area contributed by atoms with Gasteiger partial charge < -0.3 is 10.0 Å². The second-order valence-corrected chi connectivity index (χ2v) is 4.75. The van der Waals surface area contributed by atoms with Gasteiger partial charge in [-0.3, -0.25) is 0 Å². The summed E-state index contributed by atoms with van der Waals surface area (Å²) in [5, 5.41) is 10.9. The number of benzene rings is 1. The van der Waals surface area contributed by atoms with Crippen LogP contribution in [0.25, 0.3) is 0 Å². The summed E-state index contributed by atoms with van der Waals surface area (Å²) >= 11 is 5.97. The largest absolute Gasteiger partial charge is 0.388 e. The van der Waals surface area contributed by atoms with Crippen LogP contribution in [0.5, 0.6) is 0 Å². The summed E-state index contributed by atoms with van der Waals surface area (Å²) in [6, 6.07) is 5.73. The van der Waals surface area contributed by atoms with Gasteiger partial charge in [-0.2, -0.15) is 0 Å². The highest BCUT2D eigenvalue weighted by Gasteiger charge is 2.10. The molecule has 0 heterocycles. The zero-order chi connectivity index (χ0) is 12.8. The third kappa shape index (κ3) is 4.30. The minimum atomic E-state index is -0.397. The first-order valence-corrected chi connectivity index (χ1v) is 6.62. The van der Waals surface area contributed by atoms with Crippen molar-refractivity contribution < 1.29 is 5.11 Å². The number of nitrogens with zero attached hydrogens (tertiary/aromatic N) is 1. The van der Waals surface area contributed by atoms with E-state index in [2.05, 4.69) is 18.7 Å². The molecule has 1 unspecified atom stereocenters. The van der Waals surface area contributed by atoms with Crippen LogP contribution in [0.4, 0.5) is 0 Å². The molecule has 0 fully saturated rings. The van der Waals surface area contributed by atoms with Crippen molar-refractivity contribution in [1.82, 2.24) is 4.90 Å². The fraction of sp³-hybridized carbons (Fsp3) is 0.571. The molecule has 0 saturated heterocycles. The number of hydrogen-bond acceptors (Lipinski definition) is 2. The number of hydrogen-bond donors (Lipinski definition) is 1. The van der Waals surface area contributed by atoms with E-state index >= 15 is 0 Å². The number of rotatable bonds is 6. The Labute approximate surface area is 109 Å². The maximum Gasteiger partial charge on any atom is 0.0802 e. The Morgan fingerprint density at radius 1 is 1.29 bits per heavy atom. The first kappa shape index (κ1) is 14.5. The molecule has 2 nitrogen and oxygen atoms in total. The Kier molecular flexibility index (Phi) is 5.96. The minimum Gasteiger partial charge on any atom is -0.388 e. The molecule has 1 N–H and O–H groups in total. The van der Waals surface area contributed by atoms with Crippen LogP contribution in [0.15, 0.2) is 18.2 Å². The number of halogens is 1. The van der Waals surface area contributed by atoms with Crippen molar-refractivity contribution in [1.29, 1.82) is 0 Å². The average Bonchev–Trinajstić information content (AvgIpc) is 2.33. The smallest absolute Gasteiger partial charge is 0.0802 e. The predicted molar refractivity (Wildman–Crippen MR) is 73.6 cm³/mol. The van der Waals surface area contributed by atoms with Crippen LogP contribution < -0.4 is 0 Å². The van der Waals surface area contributed by atoms with Crippen molar-refractivity contribution in [2.75, 3.05) is 19.6 Å². The van der Waals surface area contributed by atoms with Crippen molar-refractivity contribution in [3.8, 4) is 0 Å². The summed E-state index contributed by atoms with van der Waals surface area (Å²) in [5.74, 6) is 0. The van der Waals surface area contributed by atoms with Crippen LogP contribution in [-0.2, 0) is 0 Å². The average molecular weight is 256 g/mol. The highest BCUT2D eigenvalue weighted by Crippen LogP contribution is 2.22. The number of aliphatic hydroxyl groups is 1. The van der Waals surface area contributed by atoms with Crippen molar-refractivity contribution >= 4 is 11.6 Å². The fourth-order valence-electron chi connectivity index (χ4n) is 1.89. The molecular weight excluding hydrogens is 234 g/mol. The maximum absolute atomic E-state index is 10.1. The predicted octanol–water partition coefficient (Wildman–Crippen LogP) is 3.41. The van der Waals surface area contributed by atoms with Gasteiger partial charge in [-0.25, -0.2) is 0 Å². The van der Waals surface area contributed by atoms with Gasteiger partial charge in [0.15, 0.2) is 0 Å². The van der Waals surface area contributed by atoms with E-state index in [-0.39, 0.29) is 0 Å². The first-order valence-electron chi connectivity index (χ1n) is 6.25. The van der Waals surface area contributed by atoms with E-state index in [1.807, 2.05) is 25.1 Å². The Balaban J connectivity index is 2.57. The highest BCUT2D eigenvalue weighted by molar-refractivity contribution is 6.31. The Morgan fingerprint density at radius 3 is 2.47 bits per heavy atom. The molecule has 0 radical (unpaired) electrons.